The van der Waals surface area contributed by atoms with E-state index in [1.807, 2.05) is 78.2 Å². The second-order valence-corrected chi connectivity index (χ2v) is 13.1. The first-order valence-corrected chi connectivity index (χ1v) is 16.8. The van der Waals surface area contributed by atoms with Gasteiger partial charge >= 0.3 is 0 Å². The molecule has 1 N–H and O–H groups in total. The van der Waals surface area contributed by atoms with E-state index in [2.05, 4.69) is 78.1 Å². The minimum Gasteiger partial charge on any atom is -0.455 e. The molecule has 1 aliphatic rings. The summed E-state index contributed by atoms with van der Waals surface area (Å²) < 4.78 is 9.44. The largest absolute Gasteiger partial charge is 0.455 e. The molecule has 48 heavy (non-hydrogen) atoms. The minimum atomic E-state index is 0.608. The van der Waals surface area contributed by atoms with Crippen LogP contribution in [0, 0.1) is 0 Å². The Bertz CT molecular complexity index is 2670. The van der Waals surface area contributed by atoms with Crippen LogP contribution in [-0.2, 0) is 6.54 Å². The number of rotatable bonds is 4. The number of hydrogen-bond acceptors (Lipinski definition) is 6. The molecule has 0 bridgehead atoms. The lowest BCUT2D eigenvalue weighted by atomic mass is 9.94. The van der Waals surface area contributed by atoms with E-state index in [9.17, 15) is 0 Å². The molecule has 226 valence electrons. The molecule has 0 unspecified atom stereocenters. The second-order valence-electron chi connectivity index (χ2n) is 12.0. The monoisotopic (exact) mass is 634 g/mol. The normalized spacial score (nSPS) is 12.6. The first kappa shape index (κ1) is 27.0. The fraction of sp³-hybridized carbons (Fsp3) is 0.0238. The number of furan rings is 1. The van der Waals surface area contributed by atoms with Gasteiger partial charge in [-0.15, -0.1) is 11.3 Å². The Kier molecular flexibility index (Phi) is 6.04. The quantitative estimate of drug-likeness (QED) is 0.209. The van der Waals surface area contributed by atoms with Crippen LogP contribution in [0.3, 0.4) is 0 Å². The number of hydrogen-bond donors (Lipinski definition) is 1. The number of aromatic nitrogens is 3. The van der Waals surface area contributed by atoms with E-state index in [1.165, 1.54) is 25.7 Å². The summed E-state index contributed by atoms with van der Waals surface area (Å²) in [5, 5.41) is 7.92. The van der Waals surface area contributed by atoms with Crippen molar-refractivity contribution in [2.75, 3.05) is 0 Å². The lowest BCUT2D eigenvalue weighted by Gasteiger charge is -2.12. The Morgan fingerprint density at radius 2 is 1.25 bits per heavy atom. The van der Waals surface area contributed by atoms with Gasteiger partial charge in [0.05, 0.1) is 0 Å². The van der Waals surface area contributed by atoms with Crippen molar-refractivity contribution in [1.82, 2.24) is 20.3 Å². The Labute approximate surface area is 279 Å². The summed E-state index contributed by atoms with van der Waals surface area (Å²) in [5.41, 5.74) is 9.03. The molecule has 0 aliphatic carbocycles. The maximum Gasteiger partial charge on any atom is 0.164 e. The lowest BCUT2D eigenvalue weighted by molar-refractivity contribution is 0.669. The third-order valence-electron chi connectivity index (χ3n) is 9.19. The van der Waals surface area contributed by atoms with Crippen molar-refractivity contribution in [3.63, 3.8) is 0 Å². The highest BCUT2D eigenvalue weighted by Crippen LogP contribution is 2.46. The topological polar surface area (TPSA) is 63.8 Å². The highest BCUT2D eigenvalue weighted by molar-refractivity contribution is 7.25. The van der Waals surface area contributed by atoms with Crippen LogP contribution in [0.1, 0.15) is 11.1 Å². The molecule has 10 rings (SSSR count). The van der Waals surface area contributed by atoms with Crippen molar-refractivity contribution in [3.05, 3.63) is 145 Å². The van der Waals surface area contributed by atoms with Crippen molar-refractivity contribution >= 4 is 59.5 Å². The third-order valence-corrected chi connectivity index (χ3v) is 10.3. The van der Waals surface area contributed by atoms with E-state index in [0.29, 0.717) is 17.5 Å². The standard InChI is InChI=1S/C42H26N4OS/c1-3-10-25(11-4-1)40-44-41(26-12-5-2-6-13-26)46-42(45-40)32-19-18-30(29-15-9-17-36-37(29)31-14-7-8-16-35(31)48-36)39-38(32)33-22-28-24-43-21-20-27(28)23-34(33)47-39/h1-23,43H,24H2. The minimum absolute atomic E-state index is 0.608. The molecule has 6 aromatic carbocycles. The maximum absolute atomic E-state index is 6.91. The van der Waals surface area contributed by atoms with Crippen molar-refractivity contribution < 1.29 is 4.42 Å². The number of benzene rings is 6. The molecule has 0 fully saturated rings. The van der Waals surface area contributed by atoms with E-state index >= 15 is 0 Å². The molecule has 9 aromatic rings. The summed E-state index contributed by atoms with van der Waals surface area (Å²) in [6.45, 7) is 0.756. The zero-order valence-corrected chi connectivity index (χ0v) is 26.5. The third kappa shape index (κ3) is 4.27. The second kappa shape index (κ2) is 10.7. The predicted octanol–water partition coefficient (Wildman–Crippen LogP) is 10.9. The maximum atomic E-state index is 6.91. The first-order chi connectivity index (χ1) is 23.8. The van der Waals surface area contributed by atoms with Crippen LogP contribution in [0.5, 0.6) is 0 Å². The summed E-state index contributed by atoms with van der Waals surface area (Å²) in [5.74, 6) is 1.87. The average Bonchev–Trinajstić information content (AvgIpc) is 3.72. The molecule has 0 saturated heterocycles. The number of fused-ring (bicyclic) bond motifs is 7. The molecule has 0 spiro atoms. The molecule has 5 nitrogen and oxygen atoms in total. The Morgan fingerprint density at radius 1 is 0.562 bits per heavy atom. The SMILES string of the molecule is C1=Cc2cc3oc4c(-c5cccc6sc7ccccc7c56)ccc(-c5nc(-c6ccccc6)nc(-c6ccccc6)n5)c4c3cc2CN1. The smallest absolute Gasteiger partial charge is 0.164 e. The number of thiophene rings is 1. The lowest BCUT2D eigenvalue weighted by Crippen LogP contribution is -2.09. The van der Waals surface area contributed by atoms with Gasteiger partial charge in [0.1, 0.15) is 11.2 Å². The van der Waals surface area contributed by atoms with Gasteiger partial charge in [-0.3, -0.25) is 0 Å². The highest BCUT2D eigenvalue weighted by Gasteiger charge is 2.23. The molecule has 3 aromatic heterocycles. The van der Waals surface area contributed by atoms with Crippen LogP contribution in [0.4, 0.5) is 0 Å². The van der Waals surface area contributed by atoms with Crippen LogP contribution in [0.25, 0.3) is 93.5 Å². The molecule has 0 amide bonds. The van der Waals surface area contributed by atoms with E-state index < -0.39 is 0 Å². The Morgan fingerprint density at radius 3 is 2.04 bits per heavy atom. The molecule has 4 heterocycles. The fourth-order valence-electron chi connectivity index (χ4n) is 6.94. The van der Waals surface area contributed by atoms with Gasteiger partial charge in [0, 0.05) is 59.7 Å². The van der Waals surface area contributed by atoms with Crippen LogP contribution in [-0.4, -0.2) is 15.0 Å². The van der Waals surface area contributed by atoms with Crippen LogP contribution >= 0.6 is 11.3 Å². The van der Waals surface area contributed by atoms with E-state index in [-0.39, 0.29) is 0 Å². The Hall–Kier alpha value is -6.11. The molecular formula is C42H26N4OS. The van der Waals surface area contributed by atoms with Crippen LogP contribution < -0.4 is 5.32 Å². The van der Waals surface area contributed by atoms with Gasteiger partial charge in [0.25, 0.3) is 0 Å². The number of nitrogens with one attached hydrogen (secondary N) is 1. The predicted molar refractivity (Wildman–Crippen MR) is 198 cm³/mol. The van der Waals surface area contributed by atoms with Gasteiger partial charge in [-0.05, 0) is 65.4 Å². The Balaban J connectivity index is 1.30. The van der Waals surface area contributed by atoms with Gasteiger partial charge in [0.2, 0.25) is 0 Å². The summed E-state index contributed by atoms with van der Waals surface area (Å²) in [6.07, 6.45) is 4.10. The van der Waals surface area contributed by atoms with Gasteiger partial charge in [-0.2, -0.15) is 0 Å². The summed E-state index contributed by atoms with van der Waals surface area (Å²) in [6, 6.07) is 44.2. The number of nitrogens with zero attached hydrogens (tertiary/aromatic N) is 3. The van der Waals surface area contributed by atoms with Crippen molar-refractivity contribution in [2.24, 2.45) is 0 Å². The molecule has 1 aliphatic heterocycles. The van der Waals surface area contributed by atoms with Crippen LogP contribution in [0.2, 0.25) is 0 Å². The van der Waals surface area contributed by atoms with Gasteiger partial charge in [-0.1, -0.05) is 91.0 Å². The van der Waals surface area contributed by atoms with E-state index in [4.69, 9.17) is 19.4 Å². The molecule has 0 radical (unpaired) electrons. The molecule has 0 atom stereocenters. The van der Waals surface area contributed by atoms with Crippen molar-refractivity contribution in [3.8, 4) is 45.3 Å². The van der Waals surface area contributed by atoms with Gasteiger partial charge < -0.3 is 9.73 Å². The van der Waals surface area contributed by atoms with Crippen LogP contribution in [0.15, 0.2) is 138 Å². The summed E-state index contributed by atoms with van der Waals surface area (Å²) in [4.78, 5) is 15.2. The zero-order chi connectivity index (χ0) is 31.6. The zero-order valence-electron chi connectivity index (χ0n) is 25.6. The van der Waals surface area contributed by atoms with Gasteiger partial charge in [-0.25, -0.2) is 15.0 Å². The van der Waals surface area contributed by atoms with Gasteiger partial charge in [0.15, 0.2) is 17.5 Å². The highest BCUT2D eigenvalue weighted by atomic mass is 32.1. The average molecular weight is 635 g/mol. The van der Waals surface area contributed by atoms with E-state index in [1.54, 1.807) is 0 Å². The summed E-state index contributed by atoms with van der Waals surface area (Å²) in [7, 11) is 0. The first-order valence-electron chi connectivity index (χ1n) is 16.0. The van der Waals surface area contributed by atoms with Crippen molar-refractivity contribution in [2.45, 2.75) is 6.54 Å². The van der Waals surface area contributed by atoms with Crippen molar-refractivity contribution in [1.29, 1.82) is 0 Å². The molecule has 0 saturated carbocycles. The van der Waals surface area contributed by atoms with E-state index in [0.717, 1.165) is 61.9 Å². The fourth-order valence-corrected chi connectivity index (χ4v) is 8.07. The molecular weight excluding hydrogens is 609 g/mol. The molecule has 6 heteroatoms. The summed E-state index contributed by atoms with van der Waals surface area (Å²) >= 11 is 1.82.